The van der Waals surface area contributed by atoms with Gasteiger partial charge in [-0.15, -0.1) is 0 Å². The van der Waals surface area contributed by atoms with Gasteiger partial charge in [-0.3, -0.25) is 4.79 Å². The van der Waals surface area contributed by atoms with Crippen LogP contribution in [0.3, 0.4) is 0 Å². The zero-order chi connectivity index (χ0) is 14.5. The highest BCUT2D eigenvalue weighted by atomic mass is 16.2. The monoisotopic (exact) mass is 268 g/mol. The fourth-order valence-electron chi connectivity index (χ4n) is 2.05. The molecule has 0 saturated heterocycles. The van der Waals surface area contributed by atoms with Gasteiger partial charge in [-0.05, 0) is 41.8 Å². The molecule has 0 bridgehead atoms. The van der Waals surface area contributed by atoms with Gasteiger partial charge in [0, 0.05) is 24.8 Å². The molecule has 0 aliphatic carbocycles. The molecule has 0 aliphatic rings. The molecule has 2 aromatic rings. The number of hydrogen-bond donors (Lipinski definition) is 1. The Hall–Kier alpha value is -2.13. The first-order valence-electron chi connectivity index (χ1n) is 6.81. The van der Waals surface area contributed by atoms with Crippen molar-refractivity contribution in [1.29, 1.82) is 0 Å². The summed E-state index contributed by atoms with van der Waals surface area (Å²) in [6.07, 6.45) is 0.999. The summed E-state index contributed by atoms with van der Waals surface area (Å²) in [4.78, 5) is 14.1. The SMILES string of the molecule is CCc1ccc(N(C)C(=O)c2ccc(CN)cc2)cc1. The average Bonchev–Trinajstić information content (AvgIpc) is 2.53. The molecule has 0 heterocycles. The quantitative estimate of drug-likeness (QED) is 0.926. The summed E-state index contributed by atoms with van der Waals surface area (Å²) < 4.78 is 0. The zero-order valence-electron chi connectivity index (χ0n) is 12.0. The Balaban J connectivity index is 2.17. The lowest BCUT2D eigenvalue weighted by Crippen LogP contribution is -2.26. The number of amides is 1. The first-order valence-corrected chi connectivity index (χ1v) is 6.81. The van der Waals surface area contributed by atoms with E-state index in [1.54, 1.807) is 11.9 Å². The molecule has 0 fully saturated rings. The molecule has 0 spiro atoms. The van der Waals surface area contributed by atoms with Gasteiger partial charge in [-0.1, -0.05) is 31.2 Å². The van der Waals surface area contributed by atoms with E-state index in [1.807, 2.05) is 36.4 Å². The average molecular weight is 268 g/mol. The van der Waals surface area contributed by atoms with Crippen LogP contribution in [-0.4, -0.2) is 13.0 Å². The second kappa shape index (κ2) is 6.35. The summed E-state index contributed by atoms with van der Waals surface area (Å²) >= 11 is 0. The lowest BCUT2D eigenvalue weighted by molar-refractivity contribution is 0.0993. The van der Waals surface area contributed by atoms with Crippen LogP contribution in [0.5, 0.6) is 0 Å². The van der Waals surface area contributed by atoms with Gasteiger partial charge >= 0.3 is 0 Å². The minimum absolute atomic E-state index is 0.0159. The minimum atomic E-state index is -0.0159. The molecule has 2 aromatic carbocycles. The van der Waals surface area contributed by atoms with E-state index in [0.717, 1.165) is 17.7 Å². The maximum Gasteiger partial charge on any atom is 0.258 e. The summed E-state index contributed by atoms with van der Waals surface area (Å²) in [5.41, 5.74) is 9.42. The predicted octanol–water partition coefficient (Wildman–Crippen LogP) is 2.98. The Morgan fingerprint density at radius 3 is 2.05 bits per heavy atom. The Bertz CT molecular complexity index is 573. The summed E-state index contributed by atoms with van der Waals surface area (Å²) in [7, 11) is 1.79. The number of nitrogens with zero attached hydrogens (tertiary/aromatic N) is 1. The topological polar surface area (TPSA) is 46.3 Å². The molecule has 2 N–H and O–H groups in total. The van der Waals surface area contributed by atoms with E-state index in [2.05, 4.69) is 19.1 Å². The van der Waals surface area contributed by atoms with Crippen LogP contribution in [0.15, 0.2) is 48.5 Å². The molecule has 1 amide bonds. The fourth-order valence-corrected chi connectivity index (χ4v) is 2.05. The molecule has 0 radical (unpaired) electrons. The van der Waals surface area contributed by atoms with Crippen molar-refractivity contribution in [3.05, 3.63) is 65.2 Å². The van der Waals surface area contributed by atoms with Crippen molar-refractivity contribution in [2.45, 2.75) is 19.9 Å². The number of aryl methyl sites for hydroxylation is 1. The van der Waals surface area contributed by atoms with Crippen molar-refractivity contribution in [3.8, 4) is 0 Å². The van der Waals surface area contributed by atoms with Gasteiger partial charge in [-0.2, -0.15) is 0 Å². The molecule has 0 atom stereocenters. The van der Waals surface area contributed by atoms with Gasteiger partial charge in [0.25, 0.3) is 5.91 Å². The molecule has 3 heteroatoms. The highest BCUT2D eigenvalue weighted by Gasteiger charge is 2.13. The van der Waals surface area contributed by atoms with Crippen molar-refractivity contribution in [1.82, 2.24) is 0 Å². The van der Waals surface area contributed by atoms with E-state index in [1.165, 1.54) is 5.56 Å². The van der Waals surface area contributed by atoms with Crippen molar-refractivity contribution >= 4 is 11.6 Å². The lowest BCUT2D eigenvalue weighted by atomic mass is 10.1. The van der Waals surface area contributed by atoms with E-state index in [4.69, 9.17) is 5.73 Å². The van der Waals surface area contributed by atoms with Crippen LogP contribution in [0, 0.1) is 0 Å². The molecule has 0 aliphatic heterocycles. The van der Waals surface area contributed by atoms with Crippen LogP contribution < -0.4 is 10.6 Å². The molecule has 3 nitrogen and oxygen atoms in total. The molecule has 104 valence electrons. The Kier molecular flexibility index (Phi) is 4.53. The molecule has 2 rings (SSSR count). The minimum Gasteiger partial charge on any atom is -0.326 e. The number of benzene rings is 2. The summed E-state index contributed by atoms with van der Waals surface area (Å²) in [6.45, 7) is 2.60. The van der Waals surface area contributed by atoms with Crippen molar-refractivity contribution in [2.75, 3.05) is 11.9 Å². The Morgan fingerprint density at radius 2 is 1.55 bits per heavy atom. The van der Waals surface area contributed by atoms with Gasteiger partial charge in [0.2, 0.25) is 0 Å². The standard InChI is InChI=1S/C17H20N2O/c1-3-13-6-10-16(11-7-13)19(2)17(20)15-8-4-14(12-18)5-9-15/h4-11H,3,12,18H2,1-2H3. The molecule has 0 aromatic heterocycles. The van der Waals surface area contributed by atoms with Gasteiger partial charge < -0.3 is 10.6 Å². The first kappa shape index (κ1) is 14.3. The summed E-state index contributed by atoms with van der Waals surface area (Å²) in [5, 5.41) is 0. The maximum atomic E-state index is 12.4. The normalized spacial score (nSPS) is 10.3. The summed E-state index contributed by atoms with van der Waals surface area (Å²) in [5.74, 6) is -0.0159. The fraction of sp³-hybridized carbons (Fsp3) is 0.235. The van der Waals surface area contributed by atoms with Gasteiger partial charge in [0.15, 0.2) is 0 Å². The van der Waals surface area contributed by atoms with Crippen LogP contribution >= 0.6 is 0 Å². The lowest BCUT2D eigenvalue weighted by Gasteiger charge is -2.18. The van der Waals surface area contributed by atoms with Crippen molar-refractivity contribution in [2.24, 2.45) is 5.73 Å². The largest absolute Gasteiger partial charge is 0.326 e. The molecule has 20 heavy (non-hydrogen) atoms. The highest BCUT2D eigenvalue weighted by molar-refractivity contribution is 6.05. The van der Waals surface area contributed by atoms with Gasteiger partial charge in [0.1, 0.15) is 0 Å². The highest BCUT2D eigenvalue weighted by Crippen LogP contribution is 2.17. The number of nitrogens with two attached hydrogens (primary N) is 1. The first-order chi connectivity index (χ1) is 9.65. The van der Waals surface area contributed by atoms with E-state index >= 15 is 0 Å². The van der Waals surface area contributed by atoms with Crippen LogP contribution in [0.1, 0.15) is 28.4 Å². The maximum absolute atomic E-state index is 12.4. The number of rotatable bonds is 4. The third kappa shape index (κ3) is 3.06. The molecule has 0 saturated carbocycles. The predicted molar refractivity (Wildman–Crippen MR) is 82.9 cm³/mol. The second-order valence-electron chi connectivity index (χ2n) is 4.79. The molecule has 0 unspecified atom stereocenters. The van der Waals surface area contributed by atoms with Gasteiger partial charge in [-0.25, -0.2) is 0 Å². The molecular formula is C17H20N2O. The van der Waals surface area contributed by atoms with E-state index in [0.29, 0.717) is 12.1 Å². The second-order valence-corrected chi connectivity index (χ2v) is 4.79. The number of carbonyl (C=O) groups is 1. The van der Waals surface area contributed by atoms with Gasteiger partial charge in [0.05, 0.1) is 0 Å². The van der Waals surface area contributed by atoms with Crippen LogP contribution in [0.4, 0.5) is 5.69 Å². The Morgan fingerprint density at radius 1 is 1.00 bits per heavy atom. The van der Waals surface area contributed by atoms with E-state index in [-0.39, 0.29) is 5.91 Å². The third-order valence-corrected chi connectivity index (χ3v) is 3.47. The van der Waals surface area contributed by atoms with E-state index < -0.39 is 0 Å². The number of carbonyl (C=O) groups excluding carboxylic acids is 1. The van der Waals surface area contributed by atoms with E-state index in [9.17, 15) is 4.79 Å². The van der Waals surface area contributed by atoms with Crippen LogP contribution in [0.2, 0.25) is 0 Å². The zero-order valence-corrected chi connectivity index (χ0v) is 12.0. The van der Waals surface area contributed by atoms with Crippen LogP contribution in [-0.2, 0) is 13.0 Å². The van der Waals surface area contributed by atoms with Crippen molar-refractivity contribution < 1.29 is 4.79 Å². The van der Waals surface area contributed by atoms with Crippen molar-refractivity contribution in [3.63, 3.8) is 0 Å². The number of hydrogen-bond acceptors (Lipinski definition) is 2. The number of anilines is 1. The Labute approximate surface area is 120 Å². The summed E-state index contributed by atoms with van der Waals surface area (Å²) in [6, 6.07) is 15.5. The smallest absolute Gasteiger partial charge is 0.258 e. The molecular weight excluding hydrogens is 248 g/mol. The van der Waals surface area contributed by atoms with Crippen LogP contribution in [0.25, 0.3) is 0 Å². The third-order valence-electron chi connectivity index (χ3n) is 3.47.